The molecule has 24 heavy (non-hydrogen) atoms. The van der Waals surface area contributed by atoms with E-state index in [-0.39, 0.29) is 11.7 Å². The van der Waals surface area contributed by atoms with Gasteiger partial charge >= 0.3 is 5.97 Å². The van der Waals surface area contributed by atoms with Crippen LogP contribution in [0.2, 0.25) is 0 Å². The van der Waals surface area contributed by atoms with E-state index in [0.717, 1.165) is 21.8 Å². The monoisotopic (exact) mass is 395 g/mol. The molecule has 0 aliphatic carbocycles. The van der Waals surface area contributed by atoms with Gasteiger partial charge in [0.2, 0.25) is 0 Å². The van der Waals surface area contributed by atoms with Crippen molar-refractivity contribution in [3.05, 3.63) is 34.0 Å². The van der Waals surface area contributed by atoms with E-state index in [9.17, 15) is 14.7 Å². The van der Waals surface area contributed by atoms with Gasteiger partial charge in [0.1, 0.15) is 11.6 Å². The molecule has 1 aliphatic heterocycles. The Labute approximate surface area is 147 Å². The molecule has 2 unspecified atom stereocenters. The van der Waals surface area contributed by atoms with Crippen molar-refractivity contribution >= 4 is 38.8 Å². The minimum atomic E-state index is -1.06. The van der Waals surface area contributed by atoms with Crippen LogP contribution < -0.4 is 5.32 Å². The van der Waals surface area contributed by atoms with Crippen molar-refractivity contribution < 1.29 is 23.8 Å². The summed E-state index contributed by atoms with van der Waals surface area (Å²) < 4.78 is 11.7. The minimum Gasteiger partial charge on any atom is -0.480 e. The second-order valence-electron chi connectivity index (χ2n) is 6.04. The molecule has 3 rings (SSSR count). The molecule has 1 fully saturated rings. The second kappa shape index (κ2) is 6.94. The number of nitrogens with one attached hydrogen (secondary N) is 1. The average molecular weight is 396 g/mol. The zero-order valence-electron chi connectivity index (χ0n) is 13.2. The van der Waals surface area contributed by atoms with Crippen LogP contribution in [0.5, 0.6) is 0 Å². The number of halogens is 1. The normalized spacial score (nSPS) is 19.2. The molecular weight excluding hydrogens is 378 g/mol. The molecule has 1 saturated heterocycles. The summed E-state index contributed by atoms with van der Waals surface area (Å²) in [5, 5.41) is 12.8. The maximum absolute atomic E-state index is 12.4. The first-order valence-corrected chi connectivity index (χ1v) is 8.56. The van der Waals surface area contributed by atoms with Crippen molar-refractivity contribution in [2.75, 3.05) is 13.2 Å². The first-order valence-electron chi connectivity index (χ1n) is 7.77. The van der Waals surface area contributed by atoms with Crippen LogP contribution in [-0.2, 0) is 9.53 Å². The zero-order chi connectivity index (χ0) is 17.3. The number of fused-ring (bicyclic) bond motifs is 1. The predicted octanol–water partition coefficient (Wildman–Crippen LogP) is 3.11. The SMILES string of the molecule is Cc1cc(Br)c2oc(C(=O)NC(C(=O)O)C3CCCOC3)cc2c1. The summed E-state index contributed by atoms with van der Waals surface area (Å²) >= 11 is 3.41. The fourth-order valence-corrected chi connectivity index (χ4v) is 3.66. The third-order valence-electron chi connectivity index (χ3n) is 4.16. The molecule has 2 aromatic rings. The van der Waals surface area contributed by atoms with E-state index in [1.165, 1.54) is 0 Å². The smallest absolute Gasteiger partial charge is 0.326 e. The summed E-state index contributed by atoms with van der Waals surface area (Å²) in [6.07, 6.45) is 1.50. The van der Waals surface area contributed by atoms with Crippen molar-refractivity contribution in [3.63, 3.8) is 0 Å². The van der Waals surface area contributed by atoms with Crippen molar-refractivity contribution in [1.29, 1.82) is 0 Å². The molecule has 7 heteroatoms. The highest BCUT2D eigenvalue weighted by Crippen LogP contribution is 2.29. The quantitative estimate of drug-likeness (QED) is 0.829. The number of amides is 1. The van der Waals surface area contributed by atoms with Gasteiger partial charge in [0.25, 0.3) is 5.91 Å². The molecule has 0 bridgehead atoms. The highest BCUT2D eigenvalue weighted by atomic mass is 79.9. The third kappa shape index (κ3) is 3.47. The van der Waals surface area contributed by atoms with Gasteiger partial charge in [-0.15, -0.1) is 0 Å². The van der Waals surface area contributed by atoms with Crippen LogP contribution in [-0.4, -0.2) is 36.2 Å². The molecule has 1 amide bonds. The van der Waals surface area contributed by atoms with Crippen LogP contribution in [0.25, 0.3) is 11.0 Å². The topological polar surface area (TPSA) is 88.8 Å². The van der Waals surface area contributed by atoms with E-state index in [1.54, 1.807) is 6.07 Å². The number of carboxylic acids is 1. The standard InChI is InChI=1S/C17H18BrNO5/c1-9-5-11-7-13(24-15(11)12(18)6-9)16(20)19-14(17(21)22)10-3-2-4-23-8-10/h5-7,10,14H,2-4,8H2,1H3,(H,19,20)(H,21,22). The van der Waals surface area contributed by atoms with Gasteiger partial charge in [-0.3, -0.25) is 4.79 Å². The van der Waals surface area contributed by atoms with E-state index >= 15 is 0 Å². The van der Waals surface area contributed by atoms with E-state index in [1.807, 2.05) is 19.1 Å². The Morgan fingerprint density at radius 2 is 2.17 bits per heavy atom. The number of benzene rings is 1. The Bertz CT molecular complexity index is 779. The molecule has 0 saturated carbocycles. The van der Waals surface area contributed by atoms with E-state index < -0.39 is 17.9 Å². The zero-order valence-corrected chi connectivity index (χ0v) is 14.8. The van der Waals surface area contributed by atoms with Crippen LogP contribution in [0.1, 0.15) is 29.0 Å². The van der Waals surface area contributed by atoms with Gasteiger partial charge in [0.15, 0.2) is 5.76 Å². The molecule has 0 spiro atoms. The highest BCUT2D eigenvalue weighted by molar-refractivity contribution is 9.10. The number of rotatable bonds is 4. The molecule has 1 aromatic carbocycles. The van der Waals surface area contributed by atoms with E-state index in [4.69, 9.17) is 9.15 Å². The third-order valence-corrected chi connectivity index (χ3v) is 4.75. The molecule has 1 aromatic heterocycles. The number of furan rings is 1. The summed E-state index contributed by atoms with van der Waals surface area (Å²) in [6, 6.07) is 4.44. The van der Waals surface area contributed by atoms with Gasteiger partial charge in [0, 0.05) is 17.9 Å². The minimum absolute atomic E-state index is 0.0966. The Hall–Kier alpha value is -1.86. The highest BCUT2D eigenvalue weighted by Gasteiger charge is 2.32. The summed E-state index contributed by atoms with van der Waals surface area (Å²) in [4.78, 5) is 24.0. The summed E-state index contributed by atoms with van der Waals surface area (Å²) in [6.45, 7) is 2.91. The Kier molecular flexibility index (Phi) is 4.91. The summed E-state index contributed by atoms with van der Waals surface area (Å²) in [7, 11) is 0. The van der Waals surface area contributed by atoms with Crippen molar-refractivity contribution in [1.82, 2.24) is 5.32 Å². The number of carboxylic acid groups (broad SMARTS) is 1. The first kappa shape index (κ1) is 17.0. The van der Waals surface area contributed by atoms with Crippen LogP contribution in [0, 0.1) is 12.8 Å². The Balaban J connectivity index is 1.82. The molecule has 128 valence electrons. The summed E-state index contributed by atoms with van der Waals surface area (Å²) in [5.41, 5.74) is 1.60. The van der Waals surface area contributed by atoms with Crippen molar-refractivity contribution in [2.24, 2.45) is 5.92 Å². The Morgan fingerprint density at radius 3 is 2.83 bits per heavy atom. The van der Waals surface area contributed by atoms with Crippen LogP contribution in [0.3, 0.4) is 0 Å². The summed E-state index contributed by atoms with van der Waals surface area (Å²) in [5.74, 6) is -1.74. The largest absolute Gasteiger partial charge is 0.480 e. The molecule has 2 atom stereocenters. The van der Waals surface area contributed by atoms with E-state index in [2.05, 4.69) is 21.2 Å². The number of hydrogen-bond donors (Lipinski definition) is 2. The van der Waals surface area contributed by atoms with Crippen LogP contribution in [0.15, 0.2) is 27.1 Å². The molecule has 2 N–H and O–H groups in total. The van der Waals surface area contributed by atoms with Gasteiger partial charge in [-0.2, -0.15) is 0 Å². The second-order valence-corrected chi connectivity index (χ2v) is 6.90. The fraction of sp³-hybridized carbons (Fsp3) is 0.412. The van der Waals surface area contributed by atoms with Gasteiger partial charge in [-0.25, -0.2) is 4.79 Å². The van der Waals surface area contributed by atoms with Gasteiger partial charge in [0.05, 0.1) is 11.1 Å². The molecule has 1 aliphatic rings. The van der Waals surface area contributed by atoms with Gasteiger partial charge < -0.3 is 19.6 Å². The van der Waals surface area contributed by atoms with Crippen LogP contribution >= 0.6 is 15.9 Å². The first-order chi connectivity index (χ1) is 11.5. The number of hydrogen-bond acceptors (Lipinski definition) is 4. The molecule has 2 heterocycles. The fourth-order valence-electron chi connectivity index (χ4n) is 2.99. The maximum atomic E-state index is 12.4. The van der Waals surface area contributed by atoms with Crippen molar-refractivity contribution in [2.45, 2.75) is 25.8 Å². The molecule has 6 nitrogen and oxygen atoms in total. The Morgan fingerprint density at radius 1 is 1.38 bits per heavy atom. The lowest BCUT2D eigenvalue weighted by Crippen LogP contribution is -2.48. The maximum Gasteiger partial charge on any atom is 0.326 e. The number of carbonyl (C=O) groups excluding carboxylic acids is 1. The number of aryl methyl sites for hydroxylation is 1. The lowest BCUT2D eigenvalue weighted by atomic mass is 9.93. The van der Waals surface area contributed by atoms with E-state index in [0.29, 0.717) is 25.2 Å². The number of aliphatic carboxylic acids is 1. The van der Waals surface area contributed by atoms with Crippen LogP contribution in [0.4, 0.5) is 0 Å². The number of ether oxygens (including phenoxy) is 1. The average Bonchev–Trinajstić information content (AvgIpc) is 2.97. The molecule has 0 radical (unpaired) electrons. The lowest BCUT2D eigenvalue weighted by Gasteiger charge is -2.27. The molecular formula is C17H18BrNO5. The van der Waals surface area contributed by atoms with Gasteiger partial charge in [-0.1, -0.05) is 0 Å². The van der Waals surface area contributed by atoms with Gasteiger partial charge in [-0.05, 0) is 59.5 Å². The lowest BCUT2D eigenvalue weighted by molar-refractivity contribution is -0.142. The predicted molar refractivity (Wildman–Crippen MR) is 91.1 cm³/mol. The van der Waals surface area contributed by atoms with Crippen molar-refractivity contribution in [3.8, 4) is 0 Å². The number of carbonyl (C=O) groups is 2.